The number of thiazole rings is 1. The molecule has 122 valence electrons. The van der Waals surface area contributed by atoms with E-state index in [1.54, 1.807) is 23.7 Å². The second kappa shape index (κ2) is 7.79. The van der Waals surface area contributed by atoms with Crippen molar-refractivity contribution < 1.29 is 19.4 Å². The van der Waals surface area contributed by atoms with Gasteiger partial charge >= 0.3 is 5.97 Å². The highest BCUT2D eigenvalue weighted by molar-refractivity contribution is 9.10. The van der Waals surface area contributed by atoms with Crippen molar-refractivity contribution in [1.82, 2.24) is 4.98 Å². The van der Waals surface area contributed by atoms with E-state index >= 15 is 0 Å². The van der Waals surface area contributed by atoms with Crippen LogP contribution in [0.15, 0.2) is 27.1 Å². The number of nitrogens with zero attached hydrogens (tertiary/aromatic N) is 2. The lowest BCUT2D eigenvalue weighted by Crippen LogP contribution is -2.10. The van der Waals surface area contributed by atoms with Gasteiger partial charge < -0.3 is 20.3 Å². The van der Waals surface area contributed by atoms with E-state index in [1.165, 1.54) is 18.4 Å². The van der Waals surface area contributed by atoms with Crippen LogP contribution < -0.4 is 20.6 Å². The lowest BCUT2D eigenvalue weighted by atomic mass is 10.2. The van der Waals surface area contributed by atoms with E-state index in [0.29, 0.717) is 32.5 Å². The minimum Gasteiger partial charge on any atom is -0.493 e. The van der Waals surface area contributed by atoms with Crippen molar-refractivity contribution in [2.75, 3.05) is 24.9 Å². The Morgan fingerprint density at radius 3 is 3.00 bits per heavy atom. The number of ether oxygens (including phenoxy) is 2. The monoisotopic (exact) mass is 400 g/mol. The summed E-state index contributed by atoms with van der Waals surface area (Å²) in [6.07, 6.45) is 1.56. The zero-order valence-corrected chi connectivity index (χ0v) is 14.3. The van der Waals surface area contributed by atoms with Gasteiger partial charge in [0.25, 0.3) is 0 Å². The zero-order chi connectivity index (χ0) is 16.8. The molecule has 23 heavy (non-hydrogen) atoms. The van der Waals surface area contributed by atoms with Crippen molar-refractivity contribution in [2.45, 2.75) is 0 Å². The van der Waals surface area contributed by atoms with Gasteiger partial charge in [0.1, 0.15) is 5.82 Å². The molecule has 2 rings (SSSR count). The molecule has 0 aliphatic rings. The summed E-state index contributed by atoms with van der Waals surface area (Å²) < 4.78 is 11.0. The number of aliphatic carboxylic acids is 1. The van der Waals surface area contributed by atoms with Gasteiger partial charge in [0, 0.05) is 5.38 Å². The van der Waals surface area contributed by atoms with Crippen molar-refractivity contribution >= 4 is 50.4 Å². The van der Waals surface area contributed by atoms with E-state index in [9.17, 15) is 4.79 Å². The molecule has 1 heterocycles. The van der Waals surface area contributed by atoms with Gasteiger partial charge in [-0.1, -0.05) is 0 Å². The number of carboxylic acid groups (broad SMARTS) is 1. The predicted octanol–water partition coefficient (Wildman–Crippen LogP) is 2.41. The molecule has 0 radical (unpaired) electrons. The van der Waals surface area contributed by atoms with Crippen LogP contribution in [0.3, 0.4) is 0 Å². The summed E-state index contributed by atoms with van der Waals surface area (Å²) in [6, 6.07) is 3.39. The number of hydrogen-bond donors (Lipinski definition) is 3. The van der Waals surface area contributed by atoms with Crippen molar-refractivity contribution in [1.29, 1.82) is 0 Å². The molecule has 0 aliphatic carbocycles. The van der Waals surface area contributed by atoms with Gasteiger partial charge in [-0.3, -0.25) is 5.43 Å². The van der Waals surface area contributed by atoms with Gasteiger partial charge in [-0.05, 0) is 33.6 Å². The Labute approximate surface area is 144 Å². The van der Waals surface area contributed by atoms with Gasteiger partial charge in [0.2, 0.25) is 5.13 Å². The van der Waals surface area contributed by atoms with Crippen molar-refractivity contribution in [3.8, 4) is 11.5 Å². The molecule has 10 heteroatoms. The third-order valence-electron chi connectivity index (χ3n) is 2.49. The first kappa shape index (κ1) is 17.0. The first-order valence-electron chi connectivity index (χ1n) is 6.22. The summed E-state index contributed by atoms with van der Waals surface area (Å²) in [5.74, 6) is 0.0573. The highest BCUT2D eigenvalue weighted by Crippen LogP contribution is 2.36. The number of hydrogen-bond acceptors (Lipinski definition) is 8. The van der Waals surface area contributed by atoms with Crippen molar-refractivity contribution in [3.05, 3.63) is 27.5 Å². The van der Waals surface area contributed by atoms with Crippen LogP contribution in [-0.4, -0.2) is 36.0 Å². The Hall–Kier alpha value is -2.33. The van der Waals surface area contributed by atoms with E-state index < -0.39 is 12.6 Å². The number of methoxy groups -OCH3 is 1. The predicted molar refractivity (Wildman–Crippen MR) is 91.6 cm³/mol. The summed E-state index contributed by atoms with van der Waals surface area (Å²) in [4.78, 5) is 14.6. The maximum absolute atomic E-state index is 10.6. The molecular weight excluding hydrogens is 388 g/mol. The number of anilines is 2. The fraction of sp³-hybridized carbons (Fsp3) is 0.154. The smallest absolute Gasteiger partial charge is 0.341 e. The average Bonchev–Trinajstić information content (AvgIpc) is 2.91. The molecule has 0 saturated carbocycles. The highest BCUT2D eigenvalue weighted by atomic mass is 79.9. The SMILES string of the molecule is COc1cc(C=NNc2nc(N)cs2)cc(Br)c1OCC(=O)O. The molecule has 0 atom stereocenters. The van der Waals surface area contributed by atoms with Crippen LogP contribution >= 0.6 is 27.3 Å². The molecule has 1 aromatic carbocycles. The Balaban J connectivity index is 2.13. The fourth-order valence-corrected chi connectivity index (χ4v) is 2.71. The molecule has 0 fully saturated rings. The summed E-state index contributed by atoms with van der Waals surface area (Å²) in [5, 5.41) is 15.0. The zero-order valence-electron chi connectivity index (χ0n) is 11.9. The normalized spacial score (nSPS) is 10.7. The first-order valence-corrected chi connectivity index (χ1v) is 7.89. The molecule has 4 N–H and O–H groups in total. The minimum absolute atomic E-state index is 0.313. The van der Waals surface area contributed by atoms with Gasteiger partial charge in [-0.25, -0.2) is 9.78 Å². The van der Waals surface area contributed by atoms with Crippen LogP contribution in [0.2, 0.25) is 0 Å². The number of halogens is 1. The second-order valence-corrected chi connectivity index (χ2v) is 5.88. The molecule has 8 nitrogen and oxygen atoms in total. The van der Waals surface area contributed by atoms with Crippen LogP contribution in [-0.2, 0) is 4.79 Å². The molecular formula is C13H13BrN4O4S. The number of benzene rings is 1. The third kappa shape index (κ3) is 4.83. The molecule has 0 amide bonds. The van der Waals surface area contributed by atoms with Gasteiger partial charge in [-0.15, -0.1) is 11.3 Å². The fourth-order valence-electron chi connectivity index (χ4n) is 1.59. The molecule has 0 saturated heterocycles. The van der Waals surface area contributed by atoms with E-state index in [1.807, 2.05) is 0 Å². The van der Waals surface area contributed by atoms with E-state index in [-0.39, 0.29) is 0 Å². The van der Waals surface area contributed by atoms with Crippen molar-refractivity contribution in [3.63, 3.8) is 0 Å². The highest BCUT2D eigenvalue weighted by Gasteiger charge is 2.12. The average molecular weight is 401 g/mol. The summed E-state index contributed by atoms with van der Waals surface area (Å²) in [7, 11) is 1.47. The molecule has 0 aliphatic heterocycles. The largest absolute Gasteiger partial charge is 0.493 e. The van der Waals surface area contributed by atoms with Gasteiger partial charge in [0.05, 0.1) is 17.8 Å². The Morgan fingerprint density at radius 1 is 1.61 bits per heavy atom. The quantitative estimate of drug-likeness (QED) is 0.482. The first-order chi connectivity index (χ1) is 11.0. The number of aromatic nitrogens is 1. The molecule has 2 aromatic rings. The van der Waals surface area contributed by atoms with Gasteiger partial charge in [-0.2, -0.15) is 5.10 Å². The minimum atomic E-state index is -1.07. The molecule has 0 spiro atoms. The molecule has 0 bridgehead atoms. The lowest BCUT2D eigenvalue weighted by molar-refractivity contribution is -0.139. The number of rotatable bonds is 7. The van der Waals surface area contributed by atoms with E-state index in [4.69, 9.17) is 20.3 Å². The molecule has 1 aromatic heterocycles. The Kier molecular flexibility index (Phi) is 5.77. The van der Waals surface area contributed by atoms with Crippen LogP contribution in [0, 0.1) is 0 Å². The summed E-state index contributed by atoms with van der Waals surface area (Å²) >= 11 is 4.66. The number of carboxylic acids is 1. The maximum atomic E-state index is 10.6. The maximum Gasteiger partial charge on any atom is 0.341 e. The van der Waals surface area contributed by atoms with Gasteiger partial charge in [0.15, 0.2) is 18.1 Å². The van der Waals surface area contributed by atoms with Crippen LogP contribution in [0.1, 0.15) is 5.56 Å². The van der Waals surface area contributed by atoms with E-state index in [2.05, 4.69) is 31.4 Å². The lowest BCUT2D eigenvalue weighted by Gasteiger charge is -2.12. The van der Waals surface area contributed by atoms with Crippen LogP contribution in [0.4, 0.5) is 10.9 Å². The number of nitrogens with one attached hydrogen (secondary N) is 1. The number of carbonyl (C=O) groups is 1. The van der Waals surface area contributed by atoms with Crippen LogP contribution in [0.25, 0.3) is 0 Å². The second-order valence-electron chi connectivity index (χ2n) is 4.16. The number of nitrogen functional groups attached to an aromatic ring is 1. The number of hydrazone groups is 1. The summed E-state index contributed by atoms with van der Waals surface area (Å²) in [6.45, 7) is -0.463. The summed E-state index contributed by atoms with van der Waals surface area (Å²) in [5.41, 5.74) is 8.99. The van der Waals surface area contributed by atoms with E-state index in [0.717, 1.165) is 0 Å². The standard InChI is InChI=1S/C13H13BrN4O4S/c1-21-9-3-7(2-8(14)12(9)22-5-11(19)20)4-16-18-13-17-10(15)6-23-13/h2-4,6H,5,15H2,1H3,(H,17,18)(H,19,20). The number of nitrogens with two attached hydrogens (primary N) is 1. The molecule has 0 unspecified atom stereocenters. The third-order valence-corrected chi connectivity index (χ3v) is 3.84. The van der Waals surface area contributed by atoms with Crippen LogP contribution in [0.5, 0.6) is 11.5 Å². The Bertz CT molecular complexity index is 735. The van der Waals surface area contributed by atoms with Crippen molar-refractivity contribution in [2.24, 2.45) is 5.10 Å². The topological polar surface area (TPSA) is 119 Å². The Morgan fingerprint density at radius 2 is 2.39 bits per heavy atom.